The Morgan fingerprint density at radius 2 is 2.32 bits per heavy atom. The molecule has 0 saturated carbocycles. The van der Waals surface area contributed by atoms with Gasteiger partial charge in [-0.1, -0.05) is 6.07 Å². The van der Waals surface area contributed by atoms with E-state index >= 15 is 0 Å². The van der Waals surface area contributed by atoms with Gasteiger partial charge in [0.05, 0.1) is 31.9 Å². The zero-order valence-corrected chi connectivity index (χ0v) is 11.3. The average Bonchev–Trinajstić information content (AvgIpc) is 2.36. The number of aromatic nitrogens is 1. The lowest BCUT2D eigenvalue weighted by Crippen LogP contribution is -2.51. The second kappa shape index (κ2) is 5.45. The van der Waals surface area contributed by atoms with E-state index in [2.05, 4.69) is 20.9 Å². The zero-order chi connectivity index (χ0) is 13.2. The molecule has 1 unspecified atom stereocenters. The zero-order valence-electron chi connectivity index (χ0n) is 11.3. The van der Waals surface area contributed by atoms with Crippen molar-refractivity contribution in [2.75, 3.05) is 38.3 Å². The number of hydrogen-bond acceptors (Lipinski definition) is 5. The molecular weight excluding hydrogens is 242 g/mol. The number of pyridine rings is 1. The maximum Gasteiger partial charge on any atom is 0.133 e. The summed E-state index contributed by atoms with van der Waals surface area (Å²) >= 11 is 0. The summed E-state index contributed by atoms with van der Waals surface area (Å²) in [4.78, 5) is 9.07. The first-order valence-corrected chi connectivity index (χ1v) is 6.89. The normalized spacial score (nSPS) is 25.4. The number of hydrogen-bond donors (Lipinski definition) is 1. The molecular formula is C14H21N3O2. The first kappa shape index (κ1) is 12.8. The number of rotatable bonds is 2. The Bertz CT molecular complexity index is 436. The highest BCUT2D eigenvalue weighted by Gasteiger charge is 2.30. The van der Waals surface area contributed by atoms with Crippen molar-refractivity contribution < 1.29 is 9.84 Å². The number of anilines is 1. The summed E-state index contributed by atoms with van der Waals surface area (Å²) < 4.78 is 5.31. The molecule has 19 heavy (non-hydrogen) atoms. The number of aliphatic hydroxyl groups is 1. The van der Waals surface area contributed by atoms with E-state index < -0.39 is 0 Å². The molecule has 5 heteroatoms. The van der Waals surface area contributed by atoms with Crippen molar-refractivity contribution in [3.8, 4) is 0 Å². The quantitative estimate of drug-likeness (QED) is 0.841. The molecule has 0 bridgehead atoms. The molecule has 1 N–H and O–H groups in total. The third kappa shape index (κ3) is 2.45. The van der Waals surface area contributed by atoms with E-state index in [1.54, 1.807) is 0 Å². The van der Waals surface area contributed by atoms with Crippen LogP contribution in [0.2, 0.25) is 0 Å². The molecule has 0 radical (unpaired) electrons. The summed E-state index contributed by atoms with van der Waals surface area (Å²) in [5, 5.41) is 9.59. The van der Waals surface area contributed by atoms with E-state index in [9.17, 15) is 5.11 Å². The highest BCUT2D eigenvalue weighted by molar-refractivity contribution is 5.47. The fourth-order valence-corrected chi connectivity index (χ4v) is 2.81. The summed E-state index contributed by atoms with van der Waals surface area (Å²) in [7, 11) is 2.02. The molecule has 1 fully saturated rings. The first-order valence-electron chi connectivity index (χ1n) is 6.89. The van der Waals surface area contributed by atoms with E-state index in [1.165, 1.54) is 5.56 Å². The lowest BCUT2D eigenvalue weighted by molar-refractivity contribution is -0.0693. The van der Waals surface area contributed by atoms with Crippen molar-refractivity contribution in [3.63, 3.8) is 0 Å². The second-order valence-electron chi connectivity index (χ2n) is 5.38. The van der Waals surface area contributed by atoms with Gasteiger partial charge in [0.15, 0.2) is 0 Å². The van der Waals surface area contributed by atoms with Crippen molar-refractivity contribution in [1.82, 2.24) is 9.88 Å². The minimum atomic E-state index is 0.137. The molecule has 2 aliphatic heterocycles. The van der Waals surface area contributed by atoms with E-state index in [0.717, 1.165) is 38.5 Å². The monoisotopic (exact) mass is 263 g/mol. The van der Waals surface area contributed by atoms with Crippen LogP contribution in [-0.2, 0) is 11.3 Å². The fraction of sp³-hybridized carbons (Fsp3) is 0.643. The number of aliphatic hydroxyl groups excluding tert-OH is 1. The van der Waals surface area contributed by atoms with Gasteiger partial charge in [-0.3, -0.25) is 4.90 Å². The van der Waals surface area contributed by atoms with E-state index in [4.69, 9.17) is 4.74 Å². The molecule has 0 spiro atoms. The largest absolute Gasteiger partial charge is 0.394 e. The SMILES string of the molecule is CN1c2ncccc2CN(C2COC2)CCC1CO. The third-order valence-electron chi connectivity index (χ3n) is 4.22. The predicted molar refractivity (Wildman–Crippen MR) is 73.1 cm³/mol. The Balaban J connectivity index is 1.89. The second-order valence-corrected chi connectivity index (χ2v) is 5.38. The Kier molecular flexibility index (Phi) is 3.68. The third-order valence-corrected chi connectivity index (χ3v) is 4.22. The first-order chi connectivity index (χ1) is 9.29. The molecule has 3 rings (SSSR count). The minimum absolute atomic E-state index is 0.137. The van der Waals surface area contributed by atoms with Crippen LogP contribution in [0.4, 0.5) is 5.82 Å². The molecule has 0 aliphatic carbocycles. The van der Waals surface area contributed by atoms with Crippen molar-refractivity contribution >= 4 is 5.82 Å². The number of fused-ring (bicyclic) bond motifs is 1. The molecule has 1 aromatic rings. The summed E-state index contributed by atoms with van der Waals surface area (Å²) in [6.45, 7) is 3.74. The summed E-state index contributed by atoms with van der Waals surface area (Å²) in [6.07, 6.45) is 2.78. The lowest BCUT2D eigenvalue weighted by Gasteiger charge is -2.41. The van der Waals surface area contributed by atoms with Gasteiger partial charge in [0, 0.05) is 31.9 Å². The van der Waals surface area contributed by atoms with Gasteiger partial charge in [0.2, 0.25) is 0 Å². The van der Waals surface area contributed by atoms with Gasteiger partial charge in [-0.05, 0) is 12.5 Å². The van der Waals surface area contributed by atoms with Crippen LogP contribution in [0.15, 0.2) is 18.3 Å². The fourth-order valence-electron chi connectivity index (χ4n) is 2.81. The van der Waals surface area contributed by atoms with Crippen molar-refractivity contribution in [2.24, 2.45) is 0 Å². The van der Waals surface area contributed by atoms with E-state index in [-0.39, 0.29) is 12.6 Å². The Labute approximate surface area is 113 Å². The number of ether oxygens (including phenoxy) is 1. The van der Waals surface area contributed by atoms with Crippen LogP contribution in [0.1, 0.15) is 12.0 Å². The Hall–Kier alpha value is -1.17. The molecule has 104 valence electrons. The van der Waals surface area contributed by atoms with Crippen molar-refractivity contribution in [2.45, 2.75) is 25.0 Å². The molecule has 1 atom stereocenters. The molecule has 0 aromatic carbocycles. The summed E-state index contributed by atoms with van der Waals surface area (Å²) in [5.41, 5.74) is 1.23. The van der Waals surface area contributed by atoms with Crippen LogP contribution in [0.5, 0.6) is 0 Å². The smallest absolute Gasteiger partial charge is 0.133 e. The topological polar surface area (TPSA) is 48.8 Å². The molecule has 2 aliphatic rings. The van der Waals surface area contributed by atoms with Crippen molar-refractivity contribution in [3.05, 3.63) is 23.9 Å². The van der Waals surface area contributed by atoms with Crippen LogP contribution >= 0.6 is 0 Å². The molecule has 0 amide bonds. The van der Waals surface area contributed by atoms with Gasteiger partial charge in [0.1, 0.15) is 5.82 Å². The Morgan fingerprint density at radius 3 is 3.00 bits per heavy atom. The Morgan fingerprint density at radius 1 is 1.47 bits per heavy atom. The summed E-state index contributed by atoms with van der Waals surface area (Å²) in [6, 6.07) is 4.77. The molecule has 1 saturated heterocycles. The molecule has 3 heterocycles. The maximum atomic E-state index is 9.59. The van der Waals surface area contributed by atoms with Crippen LogP contribution in [0.25, 0.3) is 0 Å². The van der Waals surface area contributed by atoms with Gasteiger partial charge in [0.25, 0.3) is 0 Å². The van der Waals surface area contributed by atoms with Crippen LogP contribution in [-0.4, -0.2) is 60.5 Å². The number of nitrogens with zero attached hydrogens (tertiary/aromatic N) is 3. The summed E-state index contributed by atoms with van der Waals surface area (Å²) in [5.74, 6) is 0.992. The van der Waals surface area contributed by atoms with Crippen molar-refractivity contribution in [1.29, 1.82) is 0 Å². The van der Waals surface area contributed by atoms with Crippen LogP contribution in [0.3, 0.4) is 0 Å². The lowest BCUT2D eigenvalue weighted by atomic mass is 10.1. The molecule has 5 nitrogen and oxygen atoms in total. The average molecular weight is 263 g/mol. The van der Waals surface area contributed by atoms with Crippen LogP contribution < -0.4 is 4.90 Å². The van der Waals surface area contributed by atoms with E-state index in [1.807, 2.05) is 19.3 Å². The highest BCUT2D eigenvalue weighted by atomic mass is 16.5. The van der Waals surface area contributed by atoms with Gasteiger partial charge in [-0.15, -0.1) is 0 Å². The van der Waals surface area contributed by atoms with E-state index in [0.29, 0.717) is 6.04 Å². The molecule has 1 aromatic heterocycles. The van der Waals surface area contributed by atoms with Gasteiger partial charge in [-0.25, -0.2) is 4.98 Å². The van der Waals surface area contributed by atoms with Gasteiger partial charge < -0.3 is 14.7 Å². The minimum Gasteiger partial charge on any atom is -0.394 e. The maximum absolute atomic E-state index is 9.59. The highest BCUT2D eigenvalue weighted by Crippen LogP contribution is 2.26. The van der Waals surface area contributed by atoms with Crippen LogP contribution in [0, 0.1) is 0 Å². The van der Waals surface area contributed by atoms with Gasteiger partial charge >= 0.3 is 0 Å². The predicted octanol–water partition coefficient (Wildman–Crippen LogP) is 0.483. The standard InChI is InChI=1S/C14H21N3O2/c1-16-12(8-18)4-6-17(13-9-19-10-13)7-11-3-2-5-15-14(11)16/h2-3,5,12-13,18H,4,6-10H2,1H3. The van der Waals surface area contributed by atoms with Gasteiger partial charge in [-0.2, -0.15) is 0 Å². The number of likely N-dealkylation sites (N-methyl/N-ethyl adjacent to an activating group) is 1.